The van der Waals surface area contributed by atoms with Gasteiger partial charge in [-0.15, -0.1) is 0 Å². The van der Waals surface area contributed by atoms with E-state index < -0.39 is 47.1 Å². The van der Waals surface area contributed by atoms with E-state index in [4.69, 9.17) is 9.47 Å². The summed E-state index contributed by atoms with van der Waals surface area (Å²) in [5.74, 6) is -1.97. The highest BCUT2D eigenvalue weighted by atomic mass is 33.1. The van der Waals surface area contributed by atoms with Crippen LogP contribution in [-0.2, 0) is 19.1 Å². The Morgan fingerprint density at radius 1 is 1.09 bits per heavy atom. The number of ether oxygens (including phenoxy) is 2. The van der Waals surface area contributed by atoms with Gasteiger partial charge < -0.3 is 19.9 Å². The van der Waals surface area contributed by atoms with Gasteiger partial charge in [-0.05, 0) is 32.4 Å². The zero-order valence-corrected chi connectivity index (χ0v) is 21.0. The van der Waals surface area contributed by atoms with E-state index >= 15 is 0 Å². The molecular weight excluding hydrogens is 496 g/mol. The first-order chi connectivity index (χ1) is 16.5. The summed E-state index contributed by atoms with van der Waals surface area (Å²) in [6.07, 6.45) is -2.38. The van der Waals surface area contributed by atoms with Crippen LogP contribution >= 0.6 is 21.6 Å². The summed E-state index contributed by atoms with van der Waals surface area (Å²) in [6.45, 7) is 4.94. The van der Waals surface area contributed by atoms with Crippen molar-refractivity contribution in [2.75, 3.05) is 5.75 Å². The van der Waals surface area contributed by atoms with E-state index in [9.17, 15) is 29.6 Å². The molecule has 188 valence electrons. The molecule has 0 bridgehead atoms. The monoisotopic (exact) mass is 522 g/mol. The number of carbonyl (C=O) groups excluding carboxylic acids is 2. The number of hydrogen-bond acceptors (Lipinski definition) is 9. The third-order valence-corrected chi connectivity index (χ3v) is 6.61. The lowest BCUT2D eigenvalue weighted by Gasteiger charge is -2.22. The minimum atomic E-state index is -1.54. The molecule has 1 unspecified atom stereocenters. The van der Waals surface area contributed by atoms with E-state index in [1.807, 2.05) is 0 Å². The minimum Gasteiger partial charge on any atom is -0.480 e. The molecule has 10 nitrogen and oxygen atoms in total. The van der Waals surface area contributed by atoms with E-state index in [-0.39, 0.29) is 11.4 Å². The fraction of sp³-hybridized carbons (Fsp3) is 0.348. The molecule has 2 aromatic carbocycles. The van der Waals surface area contributed by atoms with Crippen molar-refractivity contribution >= 4 is 45.3 Å². The highest BCUT2D eigenvalue weighted by Gasteiger charge is 2.28. The maximum atomic E-state index is 12.5. The van der Waals surface area contributed by atoms with Crippen LogP contribution < -0.4 is 5.32 Å². The van der Waals surface area contributed by atoms with Crippen molar-refractivity contribution < 1.29 is 33.9 Å². The van der Waals surface area contributed by atoms with Gasteiger partial charge in [0, 0.05) is 11.8 Å². The number of carboxylic acids is 1. The standard InChI is InChI=1S/C23H26N2O8S2/c1-23(2,3)33-20(26)13-16(21(27)28)24-22(29)32-18(15-9-5-4-6-10-15)14-34-35-19-12-8-7-11-17(19)25(30)31/h4-12,16,18H,13-14H2,1-3H3,(H,24,29)(H,27,28)/t16-,18?/m0/s1. The Balaban J connectivity index is 2.05. The van der Waals surface area contributed by atoms with Crippen LogP contribution in [0.3, 0.4) is 0 Å². The topological polar surface area (TPSA) is 145 Å². The molecular formula is C23H26N2O8S2. The van der Waals surface area contributed by atoms with Crippen molar-refractivity contribution in [3.63, 3.8) is 0 Å². The van der Waals surface area contributed by atoms with Gasteiger partial charge in [-0.1, -0.05) is 64.1 Å². The number of rotatable bonds is 11. The Bertz CT molecular complexity index is 1040. The van der Waals surface area contributed by atoms with Crippen molar-refractivity contribution in [3.8, 4) is 0 Å². The van der Waals surface area contributed by atoms with E-state index in [1.165, 1.54) is 27.7 Å². The van der Waals surface area contributed by atoms with Gasteiger partial charge in [-0.2, -0.15) is 0 Å². The lowest BCUT2D eigenvalue weighted by Crippen LogP contribution is -2.43. The predicted molar refractivity (Wildman–Crippen MR) is 132 cm³/mol. The highest BCUT2D eigenvalue weighted by Crippen LogP contribution is 2.39. The number of nitrogens with zero attached hydrogens (tertiary/aromatic N) is 1. The molecule has 0 aromatic heterocycles. The van der Waals surface area contributed by atoms with Gasteiger partial charge in [0.2, 0.25) is 0 Å². The maximum Gasteiger partial charge on any atom is 0.408 e. The van der Waals surface area contributed by atoms with Crippen LogP contribution in [-0.4, -0.2) is 45.5 Å². The van der Waals surface area contributed by atoms with E-state index in [1.54, 1.807) is 69.3 Å². The number of nitro groups is 1. The first-order valence-electron chi connectivity index (χ1n) is 10.5. The fourth-order valence-electron chi connectivity index (χ4n) is 2.76. The third-order valence-electron chi connectivity index (χ3n) is 4.23. The smallest absolute Gasteiger partial charge is 0.408 e. The third kappa shape index (κ3) is 9.87. The molecule has 35 heavy (non-hydrogen) atoms. The number of carbonyl (C=O) groups is 3. The molecule has 2 atom stereocenters. The number of nitrogens with one attached hydrogen (secondary N) is 1. The molecule has 0 saturated carbocycles. The molecule has 12 heteroatoms. The first-order valence-corrected chi connectivity index (χ1v) is 12.8. The molecule has 2 aromatic rings. The van der Waals surface area contributed by atoms with Crippen LogP contribution in [0.25, 0.3) is 0 Å². The number of carboxylic acid groups (broad SMARTS) is 1. The molecule has 0 radical (unpaired) electrons. The first kappa shape index (κ1) is 28.0. The molecule has 0 spiro atoms. The second-order valence-corrected chi connectivity index (χ2v) is 10.6. The van der Waals surface area contributed by atoms with Gasteiger partial charge in [-0.3, -0.25) is 14.9 Å². The second kappa shape index (κ2) is 13.0. The highest BCUT2D eigenvalue weighted by molar-refractivity contribution is 8.76. The molecule has 0 aliphatic rings. The summed E-state index contributed by atoms with van der Waals surface area (Å²) in [5, 5.41) is 22.8. The van der Waals surface area contributed by atoms with E-state index in [0.29, 0.717) is 10.5 Å². The predicted octanol–water partition coefficient (Wildman–Crippen LogP) is 4.99. The molecule has 0 heterocycles. The van der Waals surface area contributed by atoms with Crippen LogP contribution in [0.15, 0.2) is 59.5 Å². The molecule has 1 amide bonds. The largest absolute Gasteiger partial charge is 0.480 e. The summed E-state index contributed by atoms with van der Waals surface area (Å²) in [5.41, 5.74) is -0.189. The lowest BCUT2D eigenvalue weighted by atomic mass is 10.1. The van der Waals surface area contributed by atoms with Crippen LogP contribution in [0.1, 0.15) is 38.9 Å². The number of hydrogen-bond donors (Lipinski definition) is 2. The van der Waals surface area contributed by atoms with Crippen molar-refractivity contribution in [3.05, 3.63) is 70.3 Å². The molecule has 2 N–H and O–H groups in total. The summed E-state index contributed by atoms with van der Waals surface area (Å²) in [7, 11) is 2.41. The van der Waals surface area contributed by atoms with E-state index in [2.05, 4.69) is 5.32 Å². The van der Waals surface area contributed by atoms with Gasteiger partial charge in [0.1, 0.15) is 17.7 Å². The second-order valence-electron chi connectivity index (χ2n) is 8.22. The van der Waals surface area contributed by atoms with Gasteiger partial charge in [0.05, 0.1) is 16.2 Å². The van der Waals surface area contributed by atoms with Crippen molar-refractivity contribution in [2.24, 2.45) is 0 Å². The summed E-state index contributed by atoms with van der Waals surface area (Å²) in [6, 6.07) is 13.5. The van der Waals surface area contributed by atoms with Gasteiger partial charge >= 0.3 is 18.0 Å². The fourth-order valence-corrected chi connectivity index (χ4v) is 5.08. The van der Waals surface area contributed by atoms with Gasteiger partial charge in [0.25, 0.3) is 5.69 Å². The van der Waals surface area contributed by atoms with Crippen LogP contribution in [0, 0.1) is 10.1 Å². The number of aliphatic carboxylic acids is 1. The summed E-state index contributed by atoms with van der Waals surface area (Å²) >= 11 is 0. The molecule has 0 fully saturated rings. The Hall–Kier alpha value is -3.25. The lowest BCUT2D eigenvalue weighted by molar-refractivity contribution is -0.387. The zero-order valence-electron chi connectivity index (χ0n) is 19.3. The van der Waals surface area contributed by atoms with Crippen molar-refractivity contribution in [2.45, 2.75) is 49.8 Å². The average Bonchev–Trinajstić information content (AvgIpc) is 2.77. The molecule has 2 rings (SSSR count). The SMILES string of the molecule is CC(C)(C)OC(=O)C[C@H](NC(=O)OC(CSSc1ccccc1[N+](=O)[O-])c1ccccc1)C(=O)O. The summed E-state index contributed by atoms with van der Waals surface area (Å²) < 4.78 is 10.6. The number of amides is 1. The molecule has 0 aliphatic carbocycles. The van der Waals surface area contributed by atoms with Crippen LogP contribution in [0.2, 0.25) is 0 Å². The quantitative estimate of drug-likeness (QED) is 0.179. The Kier molecular flexibility index (Phi) is 10.4. The van der Waals surface area contributed by atoms with Crippen molar-refractivity contribution in [1.29, 1.82) is 0 Å². The number of esters is 1. The van der Waals surface area contributed by atoms with Crippen LogP contribution in [0.4, 0.5) is 10.5 Å². The van der Waals surface area contributed by atoms with Gasteiger partial charge in [0.15, 0.2) is 0 Å². The maximum absolute atomic E-state index is 12.5. The zero-order chi connectivity index (χ0) is 26.0. The number of nitro benzene ring substituents is 1. The number of benzene rings is 2. The Labute approximate surface area is 210 Å². The number of alkyl carbamates (subject to hydrolysis) is 1. The normalized spacial score (nSPS) is 12.8. The van der Waals surface area contributed by atoms with E-state index in [0.717, 1.165) is 0 Å². The van der Waals surface area contributed by atoms with Crippen molar-refractivity contribution in [1.82, 2.24) is 5.32 Å². The minimum absolute atomic E-state index is 0.0358. The van der Waals surface area contributed by atoms with Crippen LogP contribution in [0.5, 0.6) is 0 Å². The average molecular weight is 523 g/mol. The molecule has 0 saturated heterocycles. The Morgan fingerprint density at radius 3 is 2.31 bits per heavy atom. The number of para-hydroxylation sites is 1. The van der Waals surface area contributed by atoms with Gasteiger partial charge in [-0.25, -0.2) is 9.59 Å². The summed E-state index contributed by atoms with van der Waals surface area (Å²) in [4.78, 5) is 47.3. The molecule has 0 aliphatic heterocycles. The Morgan fingerprint density at radius 2 is 1.71 bits per heavy atom.